The van der Waals surface area contributed by atoms with Gasteiger partial charge in [-0.1, -0.05) is 19.4 Å². The van der Waals surface area contributed by atoms with Crippen molar-refractivity contribution in [2.75, 3.05) is 0 Å². The molecule has 1 unspecified atom stereocenters. The average Bonchev–Trinajstić information content (AvgIpc) is 2.12. The minimum atomic E-state index is -1.01. The molecule has 0 aliphatic rings. The molecule has 0 rings (SSSR count). The van der Waals surface area contributed by atoms with Crippen LogP contribution in [0.15, 0.2) is 11.8 Å². The molecule has 0 aliphatic heterocycles. The second kappa shape index (κ2) is 6.87. The Kier molecular flexibility index (Phi) is 6.22. The van der Waals surface area contributed by atoms with Crippen molar-refractivity contribution in [2.45, 2.75) is 40.2 Å². The van der Waals surface area contributed by atoms with E-state index >= 15 is 0 Å². The molecule has 0 saturated carbocycles. The van der Waals surface area contributed by atoms with Crippen molar-refractivity contribution < 1.29 is 14.7 Å². The topological polar surface area (TPSA) is 78.4 Å². The fourth-order valence-corrected chi connectivity index (χ4v) is 1.10. The number of carbonyl (C=O) groups is 2. The van der Waals surface area contributed by atoms with Gasteiger partial charge in [0, 0.05) is 6.20 Å². The molecule has 0 saturated heterocycles. The van der Waals surface area contributed by atoms with Gasteiger partial charge in [-0.25, -0.2) is 9.59 Å². The van der Waals surface area contributed by atoms with E-state index in [1.54, 1.807) is 0 Å². The van der Waals surface area contributed by atoms with Gasteiger partial charge in [-0.3, -0.25) is 0 Å². The molecule has 3 N–H and O–H groups in total. The third-order valence-electron chi connectivity index (χ3n) is 1.80. The van der Waals surface area contributed by atoms with E-state index < -0.39 is 18.0 Å². The summed E-state index contributed by atoms with van der Waals surface area (Å²) in [6.07, 6.45) is 1.95. The number of carbonyl (C=O) groups excluding carboxylic acids is 1. The summed E-state index contributed by atoms with van der Waals surface area (Å²) < 4.78 is 0. The second-order valence-corrected chi connectivity index (χ2v) is 4.36. The van der Waals surface area contributed by atoms with Gasteiger partial charge in [0.05, 0.1) is 0 Å². The number of urea groups is 1. The molecular formula is C11H20N2O3. The number of aliphatic carboxylic acids is 1. The molecule has 0 fully saturated rings. The summed E-state index contributed by atoms with van der Waals surface area (Å²) in [4.78, 5) is 22.2. The molecule has 0 aromatic heterocycles. The molecule has 5 nitrogen and oxygen atoms in total. The lowest BCUT2D eigenvalue weighted by Gasteiger charge is -2.16. The zero-order valence-electron chi connectivity index (χ0n) is 10.2. The highest BCUT2D eigenvalue weighted by Gasteiger charge is 2.20. The van der Waals surface area contributed by atoms with Gasteiger partial charge in [-0.2, -0.15) is 0 Å². The third-order valence-corrected chi connectivity index (χ3v) is 1.80. The molecule has 0 heterocycles. The largest absolute Gasteiger partial charge is 0.480 e. The molecule has 0 aliphatic carbocycles. The fourth-order valence-electron chi connectivity index (χ4n) is 1.10. The summed E-state index contributed by atoms with van der Waals surface area (Å²) in [5.74, 6) is -0.800. The molecule has 0 aromatic rings. The second-order valence-electron chi connectivity index (χ2n) is 4.36. The van der Waals surface area contributed by atoms with Crippen LogP contribution in [0.4, 0.5) is 4.79 Å². The Balaban J connectivity index is 4.24. The Morgan fingerprint density at radius 1 is 1.31 bits per heavy atom. The van der Waals surface area contributed by atoms with Crippen LogP contribution in [-0.4, -0.2) is 23.1 Å². The highest BCUT2D eigenvalue weighted by Crippen LogP contribution is 2.04. The molecule has 0 radical (unpaired) electrons. The molecule has 1 atom stereocenters. The van der Waals surface area contributed by atoms with Crippen molar-refractivity contribution >= 4 is 12.0 Å². The maximum absolute atomic E-state index is 11.3. The summed E-state index contributed by atoms with van der Waals surface area (Å²) in [6.45, 7) is 7.49. The lowest BCUT2D eigenvalue weighted by atomic mass is 10.0. The molecule has 92 valence electrons. The van der Waals surface area contributed by atoms with Crippen LogP contribution in [0.5, 0.6) is 0 Å². The van der Waals surface area contributed by atoms with E-state index in [1.807, 2.05) is 27.7 Å². The number of nitrogens with one attached hydrogen (secondary N) is 2. The first kappa shape index (κ1) is 14.5. The van der Waals surface area contributed by atoms with Crippen LogP contribution < -0.4 is 10.6 Å². The lowest BCUT2D eigenvalue weighted by molar-refractivity contribution is -0.139. The highest BCUT2D eigenvalue weighted by molar-refractivity contribution is 5.82. The van der Waals surface area contributed by atoms with Crippen molar-refractivity contribution in [3.05, 3.63) is 11.8 Å². The first-order valence-electron chi connectivity index (χ1n) is 5.26. The minimum absolute atomic E-state index is 0.213. The zero-order chi connectivity index (χ0) is 12.7. The predicted octanol–water partition coefficient (Wildman–Crippen LogP) is 1.71. The summed E-state index contributed by atoms with van der Waals surface area (Å²) in [7, 11) is 0. The average molecular weight is 228 g/mol. The van der Waals surface area contributed by atoms with E-state index in [9.17, 15) is 9.59 Å². The molecular weight excluding hydrogens is 208 g/mol. The predicted molar refractivity (Wildman–Crippen MR) is 62.0 cm³/mol. The summed E-state index contributed by atoms with van der Waals surface area (Å²) in [5, 5.41) is 13.8. The molecule has 0 spiro atoms. The Morgan fingerprint density at radius 2 is 1.88 bits per heavy atom. The Hall–Kier alpha value is -1.52. The van der Waals surface area contributed by atoms with E-state index in [2.05, 4.69) is 10.6 Å². The number of carboxylic acid groups (broad SMARTS) is 1. The van der Waals surface area contributed by atoms with Crippen LogP contribution in [-0.2, 0) is 4.79 Å². The summed E-state index contributed by atoms with van der Waals surface area (Å²) in [5.41, 5.74) is 0.936. The van der Waals surface area contributed by atoms with Gasteiger partial charge >= 0.3 is 12.0 Å². The van der Waals surface area contributed by atoms with Crippen LogP contribution in [0.2, 0.25) is 0 Å². The molecule has 16 heavy (non-hydrogen) atoms. The molecule has 0 bridgehead atoms. The van der Waals surface area contributed by atoms with E-state index in [0.717, 1.165) is 5.57 Å². The van der Waals surface area contributed by atoms with Crippen molar-refractivity contribution in [2.24, 2.45) is 5.92 Å². The third kappa shape index (κ3) is 6.86. The van der Waals surface area contributed by atoms with Crippen molar-refractivity contribution in [3.63, 3.8) is 0 Å². The maximum atomic E-state index is 11.3. The number of hydrogen-bond donors (Lipinski definition) is 3. The van der Waals surface area contributed by atoms with E-state index in [1.165, 1.54) is 6.20 Å². The molecule has 5 heteroatoms. The van der Waals surface area contributed by atoms with Crippen LogP contribution in [0.25, 0.3) is 0 Å². The lowest BCUT2D eigenvalue weighted by Crippen LogP contribution is -2.45. The molecule has 0 aromatic carbocycles. The quantitative estimate of drug-likeness (QED) is 0.670. The minimum Gasteiger partial charge on any atom is -0.480 e. The van der Waals surface area contributed by atoms with Gasteiger partial charge in [0.2, 0.25) is 0 Å². The maximum Gasteiger partial charge on any atom is 0.326 e. The smallest absolute Gasteiger partial charge is 0.326 e. The van der Waals surface area contributed by atoms with E-state index in [4.69, 9.17) is 5.11 Å². The summed E-state index contributed by atoms with van der Waals surface area (Å²) >= 11 is 0. The number of amides is 2. The van der Waals surface area contributed by atoms with Gasteiger partial charge in [0.25, 0.3) is 0 Å². The van der Waals surface area contributed by atoms with Crippen LogP contribution in [0.1, 0.15) is 34.1 Å². The summed E-state index contributed by atoms with van der Waals surface area (Å²) in [6, 6.07) is -1.33. The fraction of sp³-hybridized carbons (Fsp3) is 0.636. The van der Waals surface area contributed by atoms with Crippen molar-refractivity contribution in [1.29, 1.82) is 0 Å². The standard InChI is InChI=1S/C11H20N2O3/c1-7(2)5-9(10(14)15)13-11(16)12-6-8(3)4/h6-7,9H,5H2,1-4H3,(H,14,15)(H2,12,13,16). The normalized spacial score (nSPS) is 11.8. The van der Waals surface area contributed by atoms with Gasteiger partial charge < -0.3 is 15.7 Å². The number of rotatable bonds is 5. The first-order chi connectivity index (χ1) is 7.32. The number of carboxylic acids is 1. The SMILES string of the molecule is CC(C)=CNC(=O)NC(CC(C)C)C(=O)O. The van der Waals surface area contributed by atoms with Gasteiger partial charge in [0.15, 0.2) is 0 Å². The van der Waals surface area contributed by atoms with E-state index in [0.29, 0.717) is 6.42 Å². The Bertz CT molecular complexity index is 281. The molecule has 2 amide bonds. The number of hydrogen-bond acceptors (Lipinski definition) is 2. The Morgan fingerprint density at radius 3 is 2.25 bits per heavy atom. The zero-order valence-corrected chi connectivity index (χ0v) is 10.2. The Labute approximate surface area is 95.9 Å². The van der Waals surface area contributed by atoms with Crippen LogP contribution in [0.3, 0.4) is 0 Å². The van der Waals surface area contributed by atoms with E-state index in [-0.39, 0.29) is 5.92 Å². The van der Waals surface area contributed by atoms with Crippen LogP contribution in [0, 0.1) is 5.92 Å². The van der Waals surface area contributed by atoms with Gasteiger partial charge in [-0.05, 0) is 26.2 Å². The van der Waals surface area contributed by atoms with Gasteiger partial charge in [0.1, 0.15) is 6.04 Å². The monoisotopic (exact) mass is 228 g/mol. The van der Waals surface area contributed by atoms with Crippen LogP contribution >= 0.6 is 0 Å². The number of allylic oxidation sites excluding steroid dienone is 1. The van der Waals surface area contributed by atoms with Crippen molar-refractivity contribution in [1.82, 2.24) is 10.6 Å². The highest BCUT2D eigenvalue weighted by atomic mass is 16.4. The first-order valence-corrected chi connectivity index (χ1v) is 5.26. The van der Waals surface area contributed by atoms with Gasteiger partial charge in [-0.15, -0.1) is 0 Å². The van der Waals surface area contributed by atoms with Crippen molar-refractivity contribution in [3.8, 4) is 0 Å².